The van der Waals surface area contributed by atoms with Crippen molar-refractivity contribution < 1.29 is 4.79 Å². The molecule has 1 aromatic heterocycles. The third-order valence-electron chi connectivity index (χ3n) is 6.09. The Bertz CT molecular complexity index is 824. The van der Waals surface area contributed by atoms with Crippen LogP contribution < -0.4 is 10.6 Å². The molecule has 1 fully saturated rings. The van der Waals surface area contributed by atoms with Crippen molar-refractivity contribution in [2.24, 2.45) is 0 Å². The van der Waals surface area contributed by atoms with Crippen molar-refractivity contribution in [3.63, 3.8) is 0 Å². The van der Waals surface area contributed by atoms with Crippen LogP contribution in [0, 0.1) is 0 Å². The van der Waals surface area contributed by atoms with E-state index in [2.05, 4.69) is 64.0 Å². The minimum Gasteiger partial charge on any atom is -0.349 e. The number of piperidine rings is 1. The van der Waals surface area contributed by atoms with Crippen LogP contribution in [0.15, 0.2) is 30.5 Å². The van der Waals surface area contributed by atoms with Gasteiger partial charge in [-0.15, -0.1) is 5.10 Å². The Labute approximate surface area is 166 Å². The van der Waals surface area contributed by atoms with Crippen molar-refractivity contribution in [1.82, 2.24) is 30.5 Å². The van der Waals surface area contributed by atoms with Gasteiger partial charge in [0.2, 0.25) is 0 Å². The highest BCUT2D eigenvalue weighted by atomic mass is 16.2. The van der Waals surface area contributed by atoms with Crippen molar-refractivity contribution in [1.29, 1.82) is 0 Å². The quantitative estimate of drug-likeness (QED) is 0.824. The topological polar surface area (TPSA) is 75.1 Å². The number of nitrogens with one attached hydrogen (secondary N) is 2. The lowest BCUT2D eigenvalue weighted by Gasteiger charge is -2.41. The molecule has 4 rings (SSSR count). The molecule has 0 aliphatic carbocycles. The van der Waals surface area contributed by atoms with Crippen molar-refractivity contribution in [2.75, 3.05) is 26.2 Å². The number of hydrogen-bond donors (Lipinski definition) is 2. The molecular formula is C21H30N6O. The predicted molar refractivity (Wildman–Crippen MR) is 108 cm³/mol. The summed E-state index contributed by atoms with van der Waals surface area (Å²) in [5, 5.41) is 14.7. The molecule has 0 unspecified atom stereocenters. The largest absolute Gasteiger partial charge is 0.349 e. The predicted octanol–water partition coefficient (Wildman–Crippen LogP) is 1.77. The van der Waals surface area contributed by atoms with E-state index < -0.39 is 0 Å². The molecule has 150 valence electrons. The van der Waals surface area contributed by atoms with E-state index in [9.17, 15) is 4.79 Å². The van der Waals surface area contributed by atoms with Crippen LogP contribution in [0.1, 0.15) is 54.3 Å². The third-order valence-corrected chi connectivity index (χ3v) is 6.09. The smallest absolute Gasteiger partial charge is 0.273 e. The Hall–Kier alpha value is -2.25. The molecule has 7 heteroatoms. The van der Waals surface area contributed by atoms with Gasteiger partial charge in [-0.25, -0.2) is 4.68 Å². The molecule has 0 radical (unpaired) electrons. The van der Waals surface area contributed by atoms with Crippen LogP contribution in [-0.4, -0.2) is 57.5 Å². The third kappa shape index (κ3) is 4.10. The van der Waals surface area contributed by atoms with Gasteiger partial charge in [0.15, 0.2) is 5.69 Å². The van der Waals surface area contributed by atoms with Gasteiger partial charge in [-0.2, -0.15) is 0 Å². The maximum absolute atomic E-state index is 12.6. The number of aromatic nitrogens is 3. The monoisotopic (exact) mass is 382 g/mol. The molecule has 2 aliphatic rings. The van der Waals surface area contributed by atoms with E-state index in [1.807, 2.05) is 4.68 Å². The first-order valence-electron chi connectivity index (χ1n) is 10.3. The fourth-order valence-electron chi connectivity index (χ4n) is 4.14. The van der Waals surface area contributed by atoms with E-state index in [-0.39, 0.29) is 11.4 Å². The number of rotatable bonds is 5. The Kier molecular flexibility index (Phi) is 5.46. The average molecular weight is 383 g/mol. The molecule has 7 nitrogen and oxygen atoms in total. The number of fused-ring (bicyclic) bond motifs is 1. The van der Waals surface area contributed by atoms with Gasteiger partial charge in [0.1, 0.15) is 0 Å². The molecular weight excluding hydrogens is 352 g/mol. The summed E-state index contributed by atoms with van der Waals surface area (Å²) < 4.78 is 1.85. The fraction of sp³-hybridized carbons (Fsp3) is 0.571. The average Bonchev–Trinajstić information content (AvgIpc) is 3.23. The molecule has 1 aromatic carbocycles. The van der Waals surface area contributed by atoms with Crippen LogP contribution in [0.3, 0.4) is 0 Å². The molecule has 0 bridgehead atoms. The van der Waals surface area contributed by atoms with Crippen LogP contribution in [0.5, 0.6) is 0 Å². The molecule has 2 aliphatic heterocycles. The lowest BCUT2D eigenvalue weighted by Crippen LogP contribution is -2.53. The first-order valence-corrected chi connectivity index (χ1v) is 10.3. The SMILES string of the molecule is CC(C)(CNC(=O)c1cn(C2CCNCC2)nn1)N1CCc2ccccc2C1. The second kappa shape index (κ2) is 8.01. The standard InChI is InChI=1S/C21H30N6O/c1-21(2,26-12-9-16-5-3-4-6-17(16)13-26)15-23-20(28)19-14-27(25-24-19)18-7-10-22-11-8-18/h3-6,14,18,22H,7-13,15H2,1-2H3,(H,23,28). The van der Waals surface area contributed by atoms with E-state index in [0.717, 1.165) is 45.4 Å². The van der Waals surface area contributed by atoms with Crippen molar-refractivity contribution in [2.45, 2.75) is 51.2 Å². The maximum Gasteiger partial charge on any atom is 0.273 e. The van der Waals surface area contributed by atoms with Crippen molar-refractivity contribution >= 4 is 5.91 Å². The fourth-order valence-corrected chi connectivity index (χ4v) is 4.14. The van der Waals surface area contributed by atoms with E-state index in [0.29, 0.717) is 18.3 Å². The molecule has 3 heterocycles. The Morgan fingerprint density at radius 1 is 1.25 bits per heavy atom. The van der Waals surface area contributed by atoms with E-state index >= 15 is 0 Å². The zero-order chi connectivity index (χ0) is 19.6. The number of benzene rings is 1. The van der Waals surface area contributed by atoms with E-state index in [4.69, 9.17) is 0 Å². The van der Waals surface area contributed by atoms with Crippen LogP contribution >= 0.6 is 0 Å². The summed E-state index contributed by atoms with van der Waals surface area (Å²) in [7, 11) is 0. The summed E-state index contributed by atoms with van der Waals surface area (Å²) in [6, 6.07) is 8.96. The van der Waals surface area contributed by atoms with Gasteiger partial charge in [0, 0.05) is 25.2 Å². The Morgan fingerprint density at radius 2 is 2.00 bits per heavy atom. The zero-order valence-corrected chi connectivity index (χ0v) is 16.8. The highest BCUT2D eigenvalue weighted by molar-refractivity contribution is 5.91. The minimum atomic E-state index is -0.148. The summed E-state index contributed by atoms with van der Waals surface area (Å²) >= 11 is 0. The first kappa shape index (κ1) is 19.1. The van der Waals surface area contributed by atoms with E-state index in [1.54, 1.807) is 6.20 Å². The summed E-state index contributed by atoms with van der Waals surface area (Å²) in [4.78, 5) is 15.1. The second-order valence-electron chi connectivity index (χ2n) is 8.50. The number of hydrogen-bond acceptors (Lipinski definition) is 5. The Balaban J connectivity index is 1.34. The van der Waals surface area contributed by atoms with Crippen LogP contribution in [0.2, 0.25) is 0 Å². The molecule has 1 saturated heterocycles. The molecule has 0 atom stereocenters. The van der Waals surface area contributed by atoms with Gasteiger partial charge >= 0.3 is 0 Å². The van der Waals surface area contributed by atoms with Gasteiger partial charge in [-0.3, -0.25) is 9.69 Å². The van der Waals surface area contributed by atoms with Crippen LogP contribution in [0.4, 0.5) is 0 Å². The molecule has 2 aromatic rings. The van der Waals surface area contributed by atoms with Gasteiger partial charge in [0.05, 0.1) is 12.2 Å². The van der Waals surface area contributed by atoms with Gasteiger partial charge < -0.3 is 10.6 Å². The molecule has 0 saturated carbocycles. The second-order valence-corrected chi connectivity index (χ2v) is 8.50. The van der Waals surface area contributed by atoms with Crippen LogP contribution in [0.25, 0.3) is 0 Å². The van der Waals surface area contributed by atoms with Crippen LogP contribution in [-0.2, 0) is 13.0 Å². The summed E-state index contributed by atoms with van der Waals surface area (Å²) in [5.41, 5.74) is 3.10. The maximum atomic E-state index is 12.6. The highest BCUT2D eigenvalue weighted by Gasteiger charge is 2.30. The summed E-state index contributed by atoms with van der Waals surface area (Å²) in [6.07, 6.45) is 4.88. The van der Waals surface area contributed by atoms with Crippen molar-refractivity contribution in [3.05, 3.63) is 47.3 Å². The Morgan fingerprint density at radius 3 is 2.79 bits per heavy atom. The first-order chi connectivity index (χ1) is 13.5. The van der Waals surface area contributed by atoms with Gasteiger partial charge in [-0.1, -0.05) is 29.5 Å². The number of nitrogens with zero attached hydrogens (tertiary/aromatic N) is 4. The molecule has 0 spiro atoms. The zero-order valence-electron chi connectivity index (χ0n) is 16.8. The highest BCUT2D eigenvalue weighted by Crippen LogP contribution is 2.25. The molecule has 2 N–H and O–H groups in total. The lowest BCUT2D eigenvalue weighted by molar-refractivity contribution is 0.0822. The van der Waals surface area contributed by atoms with Gasteiger partial charge in [-0.05, 0) is 57.3 Å². The van der Waals surface area contributed by atoms with Crippen molar-refractivity contribution in [3.8, 4) is 0 Å². The van der Waals surface area contributed by atoms with E-state index in [1.165, 1.54) is 11.1 Å². The molecule has 1 amide bonds. The lowest BCUT2D eigenvalue weighted by atomic mass is 9.94. The summed E-state index contributed by atoms with van der Waals surface area (Å²) in [6.45, 7) is 8.85. The minimum absolute atomic E-state index is 0.131. The molecule has 28 heavy (non-hydrogen) atoms. The number of amides is 1. The normalized spacial score (nSPS) is 18.6. The number of carbonyl (C=O) groups excluding carboxylic acids is 1. The summed E-state index contributed by atoms with van der Waals surface area (Å²) in [5.74, 6) is -0.148. The van der Waals surface area contributed by atoms with Gasteiger partial charge in [0.25, 0.3) is 5.91 Å². The number of carbonyl (C=O) groups is 1.